The van der Waals surface area contributed by atoms with Crippen LogP contribution in [0.4, 0.5) is 26.2 Å². The van der Waals surface area contributed by atoms with Gasteiger partial charge in [0.1, 0.15) is 23.1 Å². The smallest absolute Gasteiger partial charge is 0.229 e. The highest BCUT2D eigenvalue weighted by molar-refractivity contribution is 5.56. The average molecular weight is 306 g/mol. The Labute approximate surface area is 129 Å². The van der Waals surface area contributed by atoms with E-state index in [9.17, 15) is 8.78 Å². The molecule has 0 aliphatic heterocycles. The molecular weight excluding hydrogens is 286 g/mol. The molecule has 2 rings (SSSR count). The first-order valence-electron chi connectivity index (χ1n) is 7.40. The maximum Gasteiger partial charge on any atom is 0.229 e. The maximum absolute atomic E-state index is 13.7. The van der Waals surface area contributed by atoms with E-state index in [1.165, 1.54) is 18.2 Å². The number of benzene rings is 1. The van der Waals surface area contributed by atoms with Crippen LogP contribution in [0.3, 0.4) is 0 Å². The van der Waals surface area contributed by atoms with E-state index in [-0.39, 0.29) is 11.6 Å². The minimum atomic E-state index is -0.678. The standard InChI is InChI=1S/C16H20F2N4/c1-3-4-5-9-19-14-10-11(2)20-16(21-14)22-15-12(17)7-6-8-13(15)18/h6-8,10H,3-5,9H2,1-2H3,(H2,19,20,21,22). The molecule has 0 aliphatic rings. The van der Waals surface area contributed by atoms with Crippen LogP contribution in [0.5, 0.6) is 0 Å². The quantitative estimate of drug-likeness (QED) is 0.744. The Kier molecular flexibility index (Phi) is 5.63. The van der Waals surface area contributed by atoms with E-state index >= 15 is 0 Å². The normalized spacial score (nSPS) is 10.5. The lowest BCUT2D eigenvalue weighted by molar-refractivity contribution is 0.590. The molecule has 0 bridgehead atoms. The zero-order chi connectivity index (χ0) is 15.9. The second kappa shape index (κ2) is 7.68. The maximum atomic E-state index is 13.7. The molecule has 0 saturated heterocycles. The van der Waals surface area contributed by atoms with Gasteiger partial charge in [-0.05, 0) is 25.5 Å². The summed E-state index contributed by atoms with van der Waals surface area (Å²) in [6, 6.07) is 5.48. The zero-order valence-corrected chi connectivity index (χ0v) is 12.8. The van der Waals surface area contributed by atoms with Crippen LogP contribution in [0.2, 0.25) is 0 Å². The number of rotatable bonds is 7. The average Bonchev–Trinajstić information content (AvgIpc) is 2.47. The highest BCUT2D eigenvalue weighted by Gasteiger charge is 2.10. The fourth-order valence-electron chi connectivity index (χ4n) is 2.04. The molecule has 1 aromatic carbocycles. The van der Waals surface area contributed by atoms with Crippen molar-refractivity contribution < 1.29 is 8.78 Å². The second-order valence-corrected chi connectivity index (χ2v) is 5.07. The van der Waals surface area contributed by atoms with Crippen LogP contribution in [0, 0.1) is 18.6 Å². The van der Waals surface area contributed by atoms with Crippen molar-refractivity contribution in [2.75, 3.05) is 17.2 Å². The van der Waals surface area contributed by atoms with Gasteiger partial charge in [0.05, 0.1) is 0 Å². The molecule has 0 unspecified atom stereocenters. The number of unbranched alkanes of at least 4 members (excludes halogenated alkanes) is 2. The van der Waals surface area contributed by atoms with Crippen LogP contribution in [0.15, 0.2) is 24.3 Å². The van der Waals surface area contributed by atoms with Gasteiger partial charge in [-0.25, -0.2) is 13.8 Å². The van der Waals surface area contributed by atoms with Crippen molar-refractivity contribution in [1.82, 2.24) is 9.97 Å². The summed E-state index contributed by atoms with van der Waals surface area (Å²) in [4.78, 5) is 8.40. The third kappa shape index (κ3) is 4.38. The molecule has 2 N–H and O–H groups in total. The minimum Gasteiger partial charge on any atom is -0.370 e. The molecule has 1 heterocycles. The molecular formula is C16H20F2N4. The second-order valence-electron chi connectivity index (χ2n) is 5.07. The number of nitrogens with one attached hydrogen (secondary N) is 2. The van der Waals surface area contributed by atoms with E-state index in [4.69, 9.17) is 0 Å². The van der Waals surface area contributed by atoms with Gasteiger partial charge in [0.25, 0.3) is 0 Å². The fraction of sp³-hybridized carbons (Fsp3) is 0.375. The summed E-state index contributed by atoms with van der Waals surface area (Å²) in [6.07, 6.45) is 3.33. The molecule has 6 heteroatoms. The van der Waals surface area contributed by atoms with Crippen LogP contribution in [-0.4, -0.2) is 16.5 Å². The number of nitrogens with zero attached hydrogens (tertiary/aromatic N) is 2. The Hall–Kier alpha value is -2.24. The highest BCUT2D eigenvalue weighted by Crippen LogP contribution is 2.22. The number of hydrogen-bond donors (Lipinski definition) is 2. The Morgan fingerprint density at radius 2 is 1.82 bits per heavy atom. The number of anilines is 3. The van der Waals surface area contributed by atoms with E-state index in [0.29, 0.717) is 11.5 Å². The Morgan fingerprint density at radius 1 is 1.09 bits per heavy atom. The number of halogens is 2. The molecule has 22 heavy (non-hydrogen) atoms. The third-order valence-corrected chi connectivity index (χ3v) is 3.14. The first kappa shape index (κ1) is 16.1. The summed E-state index contributed by atoms with van der Waals surface area (Å²) in [7, 11) is 0. The predicted octanol–water partition coefficient (Wildman–Crippen LogP) is 4.41. The number of hydrogen-bond acceptors (Lipinski definition) is 4. The van der Waals surface area contributed by atoms with Gasteiger partial charge in [-0.3, -0.25) is 0 Å². The van der Waals surface area contributed by atoms with Gasteiger partial charge in [-0.15, -0.1) is 0 Å². The third-order valence-electron chi connectivity index (χ3n) is 3.14. The summed E-state index contributed by atoms with van der Waals surface area (Å²) in [5, 5.41) is 5.81. The molecule has 4 nitrogen and oxygen atoms in total. The summed E-state index contributed by atoms with van der Waals surface area (Å²) < 4.78 is 27.3. The van der Waals surface area contributed by atoms with Gasteiger partial charge >= 0.3 is 0 Å². The van der Waals surface area contributed by atoms with Gasteiger partial charge in [-0.2, -0.15) is 4.98 Å². The molecule has 0 fully saturated rings. The number of aromatic nitrogens is 2. The van der Waals surface area contributed by atoms with E-state index in [1.54, 1.807) is 6.07 Å². The first-order valence-corrected chi connectivity index (χ1v) is 7.40. The summed E-state index contributed by atoms with van der Waals surface area (Å²) in [6.45, 7) is 4.75. The predicted molar refractivity (Wildman–Crippen MR) is 84.4 cm³/mol. The van der Waals surface area contributed by atoms with Crippen LogP contribution in [0.25, 0.3) is 0 Å². The molecule has 118 valence electrons. The van der Waals surface area contributed by atoms with Crippen LogP contribution in [-0.2, 0) is 0 Å². The van der Waals surface area contributed by atoms with E-state index < -0.39 is 11.6 Å². The van der Waals surface area contributed by atoms with E-state index in [1.807, 2.05) is 6.92 Å². The van der Waals surface area contributed by atoms with Crippen LogP contribution >= 0.6 is 0 Å². The lowest BCUT2D eigenvalue weighted by Gasteiger charge is -2.11. The highest BCUT2D eigenvalue weighted by atomic mass is 19.1. The van der Waals surface area contributed by atoms with E-state index in [2.05, 4.69) is 27.5 Å². The van der Waals surface area contributed by atoms with Gasteiger partial charge in [0.15, 0.2) is 0 Å². The Bertz CT molecular complexity index is 611. The van der Waals surface area contributed by atoms with Crippen molar-refractivity contribution >= 4 is 17.5 Å². The number of aryl methyl sites for hydroxylation is 1. The lowest BCUT2D eigenvalue weighted by Crippen LogP contribution is -2.08. The first-order chi connectivity index (χ1) is 10.6. The molecule has 0 spiro atoms. The van der Waals surface area contributed by atoms with Crippen LogP contribution in [0.1, 0.15) is 31.9 Å². The topological polar surface area (TPSA) is 49.8 Å². The van der Waals surface area contributed by atoms with Crippen molar-refractivity contribution in [1.29, 1.82) is 0 Å². The fourth-order valence-corrected chi connectivity index (χ4v) is 2.04. The SMILES string of the molecule is CCCCCNc1cc(C)nc(Nc2c(F)cccc2F)n1. The molecule has 0 amide bonds. The Balaban J connectivity index is 2.12. The molecule has 0 atom stereocenters. The minimum absolute atomic E-state index is 0.169. The summed E-state index contributed by atoms with van der Waals surface area (Å²) in [5.41, 5.74) is 0.470. The largest absolute Gasteiger partial charge is 0.370 e. The molecule has 1 aromatic heterocycles. The van der Waals surface area contributed by atoms with Crippen molar-refractivity contribution in [2.45, 2.75) is 33.1 Å². The lowest BCUT2D eigenvalue weighted by atomic mass is 10.2. The monoisotopic (exact) mass is 306 g/mol. The van der Waals surface area contributed by atoms with Gasteiger partial charge in [0.2, 0.25) is 5.95 Å². The summed E-state index contributed by atoms with van der Waals surface area (Å²) >= 11 is 0. The molecule has 0 aliphatic carbocycles. The van der Waals surface area contributed by atoms with Gasteiger partial charge in [0, 0.05) is 18.3 Å². The number of para-hydroxylation sites is 1. The summed E-state index contributed by atoms with van der Waals surface area (Å²) in [5.74, 6) is -0.546. The van der Waals surface area contributed by atoms with Gasteiger partial charge in [-0.1, -0.05) is 25.8 Å². The van der Waals surface area contributed by atoms with E-state index in [0.717, 1.165) is 25.8 Å². The van der Waals surface area contributed by atoms with Crippen molar-refractivity contribution in [3.05, 3.63) is 41.6 Å². The van der Waals surface area contributed by atoms with Crippen molar-refractivity contribution in [3.8, 4) is 0 Å². The van der Waals surface area contributed by atoms with Crippen molar-refractivity contribution in [3.63, 3.8) is 0 Å². The zero-order valence-electron chi connectivity index (χ0n) is 12.8. The molecule has 0 saturated carbocycles. The van der Waals surface area contributed by atoms with Crippen molar-refractivity contribution in [2.24, 2.45) is 0 Å². The van der Waals surface area contributed by atoms with Crippen LogP contribution < -0.4 is 10.6 Å². The Morgan fingerprint density at radius 3 is 2.50 bits per heavy atom. The molecule has 0 radical (unpaired) electrons. The molecule has 2 aromatic rings. The van der Waals surface area contributed by atoms with Gasteiger partial charge < -0.3 is 10.6 Å².